The van der Waals surface area contributed by atoms with Crippen LogP contribution in [0.1, 0.15) is 48.5 Å². The molecule has 1 aliphatic rings. The van der Waals surface area contributed by atoms with Gasteiger partial charge in [-0.15, -0.1) is 0 Å². The van der Waals surface area contributed by atoms with Crippen LogP contribution in [-0.2, 0) is 0 Å². The number of rotatable bonds is 0. The lowest BCUT2D eigenvalue weighted by Crippen LogP contribution is -2.24. The molecular formula is C17H15NO2. The molecule has 3 heteroatoms. The number of carbonyl (C=O) groups excluding carboxylic acids is 2. The molecule has 0 aromatic heterocycles. The van der Waals surface area contributed by atoms with Crippen LogP contribution >= 0.6 is 0 Å². The Hall–Kier alpha value is -2.42. The van der Waals surface area contributed by atoms with Crippen molar-refractivity contribution in [2.45, 2.75) is 20.8 Å². The zero-order valence-corrected chi connectivity index (χ0v) is 11.7. The second-order valence-electron chi connectivity index (χ2n) is 5.24. The van der Waals surface area contributed by atoms with E-state index >= 15 is 0 Å². The van der Waals surface area contributed by atoms with E-state index in [1.165, 1.54) is 0 Å². The van der Waals surface area contributed by atoms with Gasteiger partial charge in [0.05, 0.1) is 5.56 Å². The highest BCUT2D eigenvalue weighted by molar-refractivity contribution is 6.30. The molecular weight excluding hydrogens is 250 g/mol. The number of anilines is 1. The number of hydrogen-bond acceptors (Lipinski definition) is 3. The van der Waals surface area contributed by atoms with Crippen LogP contribution in [0.15, 0.2) is 24.3 Å². The summed E-state index contributed by atoms with van der Waals surface area (Å²) >= 11 is 0. The first-order chi connectivity index (χ1) is 9.45. The van der Waals surface area contributed by atoms with Gasteiger partial charge in [-0.1, -0.05) is 24.3 Å². The quantitative estimate of drug-likeness (QED) is 0.636. The van der Waals surface area contributed by atoms with Gasteiger partial charge in [-0.25, -0.2) is 0 Å². The van der Waals surface area contributed by atoms with Gasteiger partial charge in [-0.2, -0.15) is 0 Å². The third-order valence-corrected chi connectivity index (χ3v) is 4.29. The summed E-state index contributed by atoms with van der Waals surface area (Å²) < 4.78 is 0. The molecule has 100 valence electrons. The number of benzene rings is 2. The maximum atomic E-state index is 12.7. The fraction of sp³-hybridized carbons (Fsp3) is 0.176. The molecule has 0 unspecified atom stereocenters. The second-order valence-corrected chi connectivity index (χ2v) is 5.24. The van der Waals surface area contributed by atoms with Crippen molar-refractivity contribution >= 4 is 17.3 Å². The lowest BCUT2D eigenvalue weighted by molar-refractivity contribution is 0.0979. The summed E-state index contributed by atoms with van der Waals surface area (Å²) in [6.45, 7) is 5.69. The Morgan fingerprint density at radius 1 is 0.750 bits per heavy atom. The van der Waals surface area contributed by atoms with Crippen molar-refractivity contribution in [1.29, 1.82) is 0 Å². The van der Waals surface area contributed by atoms with Crippen LogP contribution in [-0.4, -0.2) is 11.6 Å². The Balaban J connectivity index is 2.46. The van der Waals surface area contributed by atoms with Crippen molar-refractivity contribution in [2.24, 2.45) is 0 Å². The van der Waals surface area contributed by atoms with E-state index in [2.05, 4.69) is 0 Å². The fourth-order valence-electron chi connectivity index (χ4n) is 2.85. The molecule has 3 nitrogen and oxygen atoms in total. The molecule has 0 atom stereocenters. The van der Waals surface area contributed by atoms with E-state index in [0.29, 0.717) is 27.9 Å². The highest BCUT2D eigenvalue weighted by Crippen LogP contribution is 2.36. The standard InChI is InChI=1S/C17H15NO2/c1-8-9(2)13-14(15(18)10(8)3)17(20)12-7-5-4-6-11(12)16(13)19/h4-7H,18H2,1-3H3. The van der Waals surface area contributed by atoms with E-state index < -0.39 is 0 Å². The van der Waals surface area contributed by atoms with Crippen molar-refractivity contribution in [3.05, 3.63) is 63.2 Å². The Morgan fingerprint density at radius 3 is 1.80 bits per heavy atom. The van der Waals surface area contributed by atoms with Crippen LogP contribution in [0, 0.1) is 20.8 Å². The smallest absolute Gasteiger partial charge is 0.196 e. The van der Waals surface area contributed by atoms with Crippen LogP contribution in [0.4, 0.5) is 5.69 Å². The first kappa shape index (κ1) is 12.6. The summed E-state index contributed by atoms with van der Waals surface area (Å²) in [6.07, 6.45) is 0. The Labute approximate surface area is 117 Å². The van der Waals surface area contributed by atoms with Gasteiger partial charge in [0.15, 0.2) is 11.6 Å². The topological polar surface area (TPSA) is 60.2 Å². The van der Waals surface area contributed by atoms with Gasteiger partial charge in [0, 0.05) is 22.4 Å². The van der Waals surface area contributed by atoms with Crippen molar-refractivity contribution in [3.8, 4) is 0 Å². The molecule has 0 saturated carbocycles. The predicted molar refractivity (Wildman–Crippen MR) is 78.4 cm³/mol. The molecule has 1 aliphatic carbocycles. The largest absolute Gasteiger partial charge is 0.398 e. The van der Waals surface area contributed by atoms with Gasteiger partial charge < -0.3 is 5.73 Å². The van der Waals surface area contributed by atoms with Crippen LogP contribution in [0.5, 0.6) is 0 Å². The summed E-state index contributed by atoms with van der Waals surface area (Å²) in [5.74, 6) is -0.263. The fourth-order valence-corrected chi connectivity index (χ4v) is 2.85. The highest BCUT2D eigenvalue weighted by Gasteiger charge is 2.33. The zero-order chi connectivity index (χ0) is 14.6. The van der Waals surface area contributed by atoms with E-state index in [4.69, 9.17) is 5.73 Å². The van der Waals surface area contributed by atoms with E-state index in [1.807, 2.05) is 20.8 Å². The molecule has 0 aliphatic heterocycles. The zero-order valence-electron chi connectivity index (χ0n) is 11.7. The third kappa shape index (κ3) is 1.40. The van der Waals surface area contributed by atoms with Gasteiger partial charge in [0.25, 0.3) is 0 Å². The molecule has 2 aromatic carbocycles. The maximum Gasteiger partial charge on any atom is 0.196 e. The first-order valence-corrected chi connectivity index (χ1v) is 6.52. The summed E-state index contributed by atoms with van der Waals surface area (Å²) in [7, 11) is 0. The molecule has 0 amide bonds. The van der Waals surface area contributed by atoms with Gasteiger partial charge in [-0.3, -0.25) is 9.59 Å². The van der Waals surface area contributed by atoms with Crippen LogP contribution in [0.2, 0.25) is 0 Å². The van der Waals surface area contributed by atoms with Crippen molar-refractivity contribution < 1.29 is 9.59 Å². The van der Waals surface area contributed by atoms with Gasteiger partial charge in [0.2, 0.25) is 0 Å². The lowest BCUT2D eigenvalue weighted by Gasteiger charge is -2.23. The van der Waals surface area contributed by atoms with Gasteiger partial charge in [0.1, 0.15) is 0 Å². The summed E-state index contributed by atoms with van der Waals surface area (Å²) in [4.78, 5) is 25.3. The lowest BCUT2D eigenvalue weighted by atomic mass is 9.78. The molecule has 20 heavy (non-hydrogen) atoms. The molecule has 2 N–H and O–H groups in total. The first-order valence-electron chi connectivity index (χ1n) is 6.52. The normalized spacial score (nSPS) is 13.2. The number of fused-ring (bicyclic) bond motifs is 2. The van der Waals surface area contributed by atoms with E-state index in [9.17, 15) is 9.59 Å². The molecule has 0 radical (unpaired) electrons. The molecule has 0 fully saturated rings. The number of hydrogen-bond donors (Lipinski definition) is 1. The predicted octanol–water partition coefficient (Wildman–Crippen LogP) is 2.97. The van der Waals surface area contributed by atoms with Gasteiger partial charge in [-0.05, 0) is 37.5 Å². The maximum absolute atomic E-state index is 12.7. The van der Waals surface area contributed by atoms with Crippen molar-refractivity contribution in [3.63, 3.8) is 0 Å². The molecule has 3 rings (SSSR count). The minimum absolute atomic E-state index is 0.109. The second kappa shape index (κ2) is 4.04. The SMILES string of the molecule is Cc1c(C)c(N)c2c(c1C)C(=O)c1ccccc1C2=O. The summed E-state index contributed by atoms with van der Waals surface area (Å²) in [6, 6.07) is 6.92. The molecule has 0 saturated heterocycles. The van der Waals surface area contributed by atoms with E-state index in [-0.39, 0.29) is 11.6 Å². The van der Waals surface area contributed by atoms with E-state index in [0.717, 1.165) is 16.7 Å². The van der Waals surface area contributed by atoms with Crippen LogP contribution in [0.25, 0.3) is 0 Å². The minimum atomic E-state index is -0.154. The average molecular weight is 265 g/mol. The number of nitrogens with two attached hydrogens (primary N) is 1. The number of ketones is 2. The van der Waals surface area contributed by atoms with Crippen LogP contribution < -0.4 is 5.73 Å². The monoisotopic (exact) mass is 265 g/mol. The summed E-state index contributed by atoms with van der Waals surface area (Å²) in [5, 5.41) is 0. The molecule has 0 bridgehead atoms. The van der Waals surface area contributed by atoms with Crippen molar-refractivity contribution in [2.75, 3.05) is 5.73 Å². The third-order valence-electron chi connectivity index (χ3n) is 4.29. The van der Waals surface area contributed by atoms with E-state index in [1.54, 1.807) is 24.3 Å². The van der Waals surface area contributed by atoms with Gasteiger partial charge >= 0.3 is 0 Å². The summed E-state index contributed by atoms with van der Waals surface area (Å²) in [5.41, 5.74) is 11.0. The van der Waals surface area contributed by atoms with Crippen LogP contribution in [0.3, 0.4) is 0 Å². The molecule has 2 aromatic rings. The molecule has 0 heterocycles. The Bertz CT molecular complexity index is 722. The molecule has 0 spiro atoms. The Kier molecular flexibility index (Phi) is 2.54. The minimum Gasteiger partial charge on any atom is -0.398 e. The Morgan fingerprint density at radius 2 is 1.25 bits per heavy atom. The number of nitrogen functional groups attached to an aromatic ring is 1. The van der Waals surface area contributed by atoms with Crippen molar-refractivity contribution in [1.82, 2.24) is 0 Å². The number of carbonyl (C=O) groups is 2. The highest BCUT2D eigenvalue weighted by atomic mass is 16.1. The average Bonchev–Trinajstić information content (AvgIpc) is 2.46.